The second-order valence-corrected chi connectivity index (χ2v) is 9.61. The third kappa shape index (κ3) is 4.88. The van der Waals surface area contributed by atoms with Gasteiger partial charge in [0.1, 0.15) is 5.82 Å². The van der Waals surface area contributed by atoms with Crippen molar-refractivity contribution in [2.45, 2.75) is 50.2 Å². The molecule has 30 heavy (non-hydrogen) atoms. The SMILES string of the molecule is Cc1ccc(S(=O)(=O)N2CCCCC2C)cc1C(=O)NCC(O)c1cccc(F)c1. The first-order valence-electron chi connectivity index (χ1n) is 10.0. The summed E-state index contributed by atoms with van der Waals surface area (Å²) in [5.74, 6) is -0.967. The first-order valence-corrected chi connectivity index (χ1v) is 11.5. The molecule has 1 aliphatic heterocycles. The van der Waals surface area contributed by atoms with Crippen molar-refractivity contribution >= 4 is 15.9 Å². The Morgan fingerprint density at radius 2 is 2.03 bits per heavy atom. The number of carbonyl (C=O) groups excluding carboxylic acids is 1. The van der Waals surface area contributed by atoms with Gasteiger partial charge in [-0.1, -0.05) is 24.6 Å². The zero-order valence-corrected chi connectivity index (χ0v) is 18.0. The molecule has 0 spiro atoms. The van der Waals surface area contributed by atoms with Gasteiger partial charge in [0.25, 0.3) is 5.91 Å². The van der Waals surface area contributed by atoms with E-state index in [0.29, 0.717) is 17.7 Å². The Kier molecular flexibility index (Phi) is 6.90. The molecule has 1 fully saturated rings. The minimum atomic E-state index is -3.70. The number of hydrogen-bond donors (Lipinski definition) is 2. The Morgan fingerprint density at radius 1 is 1.27 bits per heavy atom. The Bertz CT molecular complexity index is 1030. The minimum Gasteiger partial charge on any atom is -0.387 e. The zero-order valence-electron chi connectivity index (χ0n) is 17.1. The summed E-state index contributed by atoms with van der Waals surface area (Å²) in [6.07, 6.45) is 1.56. The summed E-state index contributed by atoms with van der Waals surface area (Å²) in [5, 5.41) is 12.8. The number of sulfonamides is 1. The molecule has 3 rings (SSSR count). The van der Waals surface area contributed by atoms with E-state index in [4.69, 9.17) is 0 Å². The summed E-state index contributed by atoms with van der Waals surface area (Å²) in [6.45, 7) is 3.96. The third-order valence-electron chi connectivity index (χ3n) is 5.49. The number of hydrogen-bond acceptors (Lipinski definition) is 4. The van der Waals surface area contributed by atoms with Gasteiger partial charge in [0.05, 0.1) is 11.0 Å². The zero-order chi connectivity index (χ0) is 21.9. The van der Waals surface area contributed by atoms with Crippen LogP contribution in [0.4, 0.5) is 4.39 Å². The second-order valence-electron chi connectivity index (χ2n) is 7.72. The molecule has 0 bridgehead atoms. The van der Waals surface area contributed by atoms with E-state index in [1.165, 1.54) is 34.6 Å². The van der Waals surface area contributed by atoms with Crippen LogP contribution in [0, 0.1) is 12.7 Å². The molecule has 0 aromatic heterocycles. The van der Waals surface area contributed by atoms with Crippen LogP contribution in [0.5, 0.6) is 0 Å². The van der Waals surface area contributed by atoms with Gasteiger partial charge in [-0.25, -0.2) is 12.8 Å². The van der Waals surface area contributed by atoms with Crippen LogP contribution < -0.4 is 5.32 Å². The summed E-state index contributed by atoms with van der Waals surface area (Å²) >= 11 is 0. The van der Waals surface area contributed by atoms with Crippen molar-refractivity contribution in [1.82, 2.24) is 9.62 Å². The van der Waals surface area contributed by atoms with Crippen LogP contribution in [-0.4, -0.2) is 42.9 Å². The number of aryl methyl sites for hydroxylation is 1. The van der Waals surface area contributed by atoms with Crippen molar-refractivity contribution in [1.29, 1.82) is 0 Å². The summed E-state index contributed by atoms with van der Waals surface area (Å²) in [5.41, 5.74) is 1.20. The van der Waals surface area contributed by atoms with Crippen LogP contribution >= 0.6 is 0 Å². The highest BCUT2D eigenvalue weighted by atomic mass is 32.2. The van der Waals surface area contributed by atoms with E-state index in [1.807, 2.05) is 6.92 Å². The molecule has 1 heterocycles. The van der Waals surface area contributed by atoms with Crippen molar-refractivity contribution in [3.8, 4) is 0 Å². The van der Waals surface area contributed by atoms with Gasteiger partial charge in [0.2, 0.25) is 10.0 Å². The fraction of sp³-hybridized carbons (Fsp3) is 0.409. The first kappa shape index (κ1) is 22.4. The molecule has 8 heteroatoms. The predicted molar refractivity (Wildman–Crippen MR) is 112 cm³/mol. The van der Waals surface area contributed by atoms with E-state index >= 15 is 0 Å². The first-order chi connectivity index (χ1) is 14.2. The van der Waals surface area contributed by atoms with Crippen LogP contribution in [0.2, 0.25) is 0 Å². The number of rotatable bonds is 6. The summed E-state index contributed by atoms with van der Waals surface area (Å²) in [6, 6.07) is 9.96. The molecule has 1 aliphatic rings. The lowest BCUT2D eigenvalue weighted by atomic mass is 10.1. The van der Waals surface area contributed by atoms with Crippen molar-refractivity contribution in [3.63, 3.8) is 0 Å². The highest BCUT2D eigenvalue weighted by Gasteiger charge is 2.31. The summed E-state index contributed by atoms with van der Waals surface area (Å²) in [4.78, 5) is 12.8. The molecule has 0 aliphatic carbocycles. The van der Waals surface area contributed by atoms with Gasteiger partial charge in [-0.3, -0.25) is 4.79 Å². The van der Waals surface area contributed by atoms with Gasteiger partial charge in [0, 0.05) is 24.7 Å². The number of aliphatic hydroxyl groups excluding tert-OH is 1. The largest absolute Gasteiger partial charge is 0.387 e. The third-order valence-corrected chi connectivity index (χ3v) is 7.50. The highest BCUT2D eigenvalue weighted by Crippen LogP contribution is 2.26. The number of nitrogens with zero attached hydrogens (tertiary/aromatic N) is 1. The lowest BCUT2D eigenvalue weighted by Gasteiger charge is -2.32. The number of amides is 1. The fourth-order valence-corrected chi connectivity index (χ4v) is 5.41. The predicted octanol–water partition coefficient (Wildman–Crippen LogP) is 3.16. The Balaban J connectivity index is 1.76. The van der Waals surface area contributed by atoms with Crippen LogP contribution in [0.1, 0.15) is 53.8 Å². The Labute approximate surface area is 176 Å². The molecular weight excluding hydrogens is 407 g/mol. The van der Waals surface area contributed by atoms with Crippen molar-refractivity contribution in [2.24, 2.45) is 0 Å². The van der Waals surface area contributed by atoms with Crippen LogP contribution in [0.15, 0.2) is 47.4 Å². The average Bonchev–Trinajstić information content (AvgIpc) is 2.72. The molecule has 2 unspecified atom stereocenters. The van der Waals surface area contributed by atoms with Gasteiger partial charge in [-0.15, -0.1) is 0 Å². The van der Waals surface area contributed by atoms with Crippen molar-refractivity contribution < 1.29 is 22.7 Å². The molecule has 6 nitrogen and oxygen atoms in total. The number of piperidine rings is 1. The minimum absolute atomic E-state index is 0.0799. The highest BCUT2D eigenvalue weighted by molar-refractivity contribution is 7.89. The lowest BCUT2D eigenvalue weighted by molar-refractivity contribution is 0.0915. The van der Waals surface area contributed by atoms with E-state index < -0.39 is 27.9 Å². The number of nitrogens with one attached hydrogen (secondary N) is 1. The molecule has 0 radical (unpaired) electrons. The van der Waals surface area contributed by atoms with Gasteiger partial charge in [-0.2, -0.15) is 4.31 Å². The maximum Gasteiger partial charge on any atom is 0.251 e. The van der Waals surface area contributed by atoms with Gasteiger partial charge >= 0.3 is 0 Å². The number of carbonyl (C=O) groups is 1. The molecular formula is C22H27FN2O4S. The van der Waals surface area contributed by atoms with E-state index in [9.17, 15) is 22.7 Å². The number of benzene rings is 2. The summed E-state index contributed by atoms with van der Waals surface area (Å²) in [7, 11) is -3.70. The van der Waals surface area contributed by atoms with Gasteiger partial charge in [0.15, 0.2) is 0 Å². The van der Waals surface area contributed by atoms with Crippen molar-refractivity contribution in [3.05, 3.63) is 65.0 Å². The topological polar surface area (TPSA) is 86.7 Å². The second kappa shape index (κ2) is 9.24. The lowest BCUT2D eigenvalue weighted by Crippen LogP contribution is -2.42. The normalized spacial score (nSPS) is 18.7. The molecule has 2 N–H and O–H groups in total. The van der Waals surface area contributed by atoms with Gasteiger partial charge < -0.3 is 10.4 Å². The molecule has 1 saturated heterocycles. The maximum atomic E-state index is 13.3. The molecule has 0 saturated carbocycles. The van der Waals surface area contributed by atoms with Crippen molar-refractivity contribution in [2.75, 3.05) is 13.1 Å². The number of aliphatic hydroxyl groups is 1. The molecule has 162 valence electrons. The molecule has 2 aromatic carbocycles. The maximum absolute atomic E-state index is 13.3. The molecule has 2 atom stereocenters. The van der Waals surface area contributed by atoms with E-state index in [0.717, 1.165) is 19.3 Å². The van der Waals surface area contributed by atoms with E-state index in [-0.39, 0.29) is 23.0 Å². The fourth-order valence-electron chi connectivity index (χ4n) is 3.69. The number of halogens is 1. The summed E-state index contributed by atoms with van der Waals surface area (Å²) < 4.78 is 41.0. The average molecular weight is 435 g/mol. The van der Waals surface area contributed by atoms with E-state index in [1.54, 1.807) is 19.1 Å². The van der Waals surface area contributed by atoms with E-state index in [2.05, 4.69) is 5.32 Å². The molecule has 2 aromatic rings. The standard InChI is InChI=1S/C22H27FN2O4S/c1-15-9-10-19(30(28,29)25-11-4-3-6-16(25)2)13-20(15)22(27)24-14-21(26)17-7-5-8-18(23)12-17/h5,7-10,12-13,16,21,26H,3-4,6,11,14H2,1-2H3,(H,24,27). The monoisotopic (exact) mass is 434 g/mol. The smallest absolute Gasteiger partial charge is 0.251 e. The van der Waals surface area contributed by atoms with Crippen LogP contribution in [-0.2, 0) is 10.0 Å². The molecule has 1 amide bonds. The van der Waals surface area contributed by atoms with Crippen LogP contribution in [0.25, 0.3) is 0 Å². The Hall–Kier alpha value is -2.29. The van der Waals surface area contributed by atoms with Gasteiger partial charge in [-0.05, 0) is 62.1 Å². The quantitative estimate of drug-likeness (QED) is 0.731. The van der Waals surface area contributed by atoms with Crippen LogP contribution in [0.3, 0.4) is 0 Å². The Morgan fingerprint density at radius 3 is 2.73 bits per heavy atom.